The highest BCUT2D eigenvalue weighted by molar-refractivity contribution is 6.39. The van der Waals surface area contributed by atoms with Crippen molar-refractivity contribution in [3.63, 3.8) is 0 Å². The van der Waals surface area contributed by atoms with Crippen molar-refractivity contribution in [2.75, 3.05) is 6.54 Å². The molecule has 0 fully saturated rings. The van der Waals surface area contributed by atoms with E-state index in [1.165, 1.54) is 38.1 Å². The first kappa shape index (κ1) is 39.4. The zero-order valence-corrected chi connectivity index (χ0v) is 27.7. The molecule has 2 aromatic carbocycles. The van der Waals surface area contributed by atoms with Crippen molar-refractivity contribution in [3.8, 4) is 0 Å². The minimum absolute atomic E-state index is 0.0142. The van der Waals surface area contributed by atoms with E-state index < -0.39 is 83.8 Å². The van der Waals surface area contributed by atoms with E-state index in [-0.39, 0.29) is 18.4 Å². The summed E-state index contributed by atoms with van der Waals surface area (Å²) < 4.78 is 5.17. The first-order valence-corrected chi connectivity index (χ1v) is 15.2. The molecule has 0 saturated carbocycles. The van der Waals surface area contributed by atoms with Gasteiger partial charge in [-0.15, -0.1) is 0 Å². The monoisotopic (exact) mass is 683 g/mol. The Morgan fingerprint density at radius 1 is 0.653 bits per heavy atom. The molecular weight excluding hydrogens is 642 g/mol. The molecule has 0 radical (unpaired) electrons. The predicted molar refractivity (Wildman–Crippen MR) is 173 cm³/mol. The Labute approximate surface area is 282 Å². The molecule has 16 nitrogen and oxygen atoms in total. The molecule has 2 aromatic rings. The largest absolute Gasteiger partial charge is 0.480 e. The number of amides is 5. The van der Waals surface area contributed by atoms with Gasteiger partial charge in [-0.25, -0.2) is 9.59 Å². The quantitative estimate of drug-likeness (QED) is 0.0938. The third-order valence-electron chi connectivity index (χ3n) is 6.69. The summed E-state index contributed by atoms with van der Waals surface area (Å²) in [5, 5.41) is 30.0. The zero-order chi connectivity index (χ0) is 36.9. The fourth-order valence-electron chi connectivity index (χ4n) is 4.23. The Hall–Kier alpha value is -5.80. The van der Waals surface area contributed by atoms with Gasteiger partial charge >= 0.3 is 18.0 Å². The third-order valence-corrected chi connectivity index (χ3v) is 6.69. The number of carboxylic acids is 2. The van der Waals surface area contributed by atoms with Crippen molar-refractivity contribution < 1.29 is 53.3 Å². The van der Waals surface area contributed by atoms with E-state index in [1.54, 1.807) is 51.1 Å². The first-order valence-electron chi connectivity index (χ1n) is 15.2. The molecule has 264 valence electrons. The third kappa shape index (κ3) is 13.8. The second kappa shape index (κ2) is 17.9. The maximum absolute atomic E-state index is 13.5. The molecule has 4 atom stereocenters. The van der Waals surface area contributed by atoms with Crippen molar-refractivity contribution in [1.82, 2.24) is 26.6 Å². The Bertz CT molecular complexity index is 1540. The molecule has 49 heavy (non-hydrogen) atoms. The number of carbonyl (C=O) groups is 8. The van der Waals surface area contributed by atoms with E-state index in [0.717, 1.165) is 0 Å². The summed E-state index contributed by atoms with van der Waals surface area (Å²) in [5.74, 6) is -7.24. The van der Waals surface area contributed by atoms with Crippen LogP contribution in [-0.2, 0) is 46.3 Å². The van der Waals surface area contributed by atoms with Crippen molar-refractivity contribution in [2.24, 2.45) is 0 Å². The Morgan fingerprint density at radius 3 is 1.63 bits per heavy atom. The lowest BCUT2D eigenvalue weighted by molar-refractivity contribution is -0.138. The van der Waals surface area contributed by atoms with Crippen LogP contribution in [0.25, 0.3) is 0 Å². The van der Waals surface area contributed by atoms with E-state index in [1.807, 2.05) is 0 Å². The SMILES string of the molecule is C[C@H](NC(=O)OC(C)(C)C)C(=O)N[C@@H](Cc1ccc(C(=O)C(=O)O)cc1)C(=O)N[C@@H](C)C(=O)N[C@@H](Cc1ccccc1)C(=O)NCC(=O)O. The first-order chi connectivity index (χ1) is 22.9. The van der Waals surface area contributed by atoms with Crippen LogP contribution in [0.2, 0.25) is 0 Å². The Kier molecular flexibility index (Phi) is 14.4. The summed E-state index contributed by atoms with van der Waals surface area (Å²) in [4.78, 5) is 98.5. The van der Waals surface area contributed by atoms with Crippen molar-refractivity contribution in [3.05, 3.63) is 71.3 Å². The van der Waals surface area contributed by atoms with Gasteiger partial charge in [0, 0.05) is 18.4 Å². The standard InChI is InChI=1S/C33H41N5O11/c1-18(27(42)37-23(29(44)34-17-25(39)40)15-20-9-7-6-8-10-20)35-30(45)24(16-21-11-13-22(14-12-21)26(41)31(46)47)38-28(43)19(2)36-32(48)49-33(3,4)5/h6-14,18-19,23-24H,15-17H2,1-5H3,(H,34,44)(H,35,45)(H,36,48)(H,37,42)(H,38,43)(H,39,40)(H,46,47)/t18-,19-,23-,24-/m0/s1. The molecule has 2 rings (SSSR count). The van der Waals surface area contributed by atoms with Gasteiger partial charge in [0.1, 0.15) is 36.3 Å². The van der Waals surface area contributed by atoms with Gasteiger partial charge in [0.05, 0.1) is 0 Å². The maximum atomic E-state index is 13.5. The number of aliphatic carboxylic acids is 2. The fraction of sp³-hybridized carbons (Fsp3) is 0.394. The number of nitrogens with one attached hydrogen (secondary N) is 5. The number of alkyl carbamates (subject to hydrolysis) is 1. The number of hydrogen-bond donors (Lipinski definition) is 7. The van der Waals surface area contributed by atoms with Crippen molar-refractivity contribution in [1.29, 1.82) is 0 Å². The van der Waals surface area contributed by atoms with Crippen LogP contribution in [-0.4, -0.2) is 94.0 Å². The van der Waals surface area contributed by atoms with E-state index in [0.29, 0.717) is 11.1 Å². The normalized spacial score (nSPS) is 13.3. The van der Waals surface area contributed by atoms with Crippen molar-refractivity contribution in [2.45, 2.75) is 77.2 Å². The molecular formula is C33H41N5O11. The fourth-order valence-corrected chi connectivity index (χ4v) is 4.23. The lowest BCUT2D eigenvalue weighted by Crippen LogP contribution is -2.58. The van der Waals surface area contributed by atoms with Crippen LogP contribution in [0, 0.1) is 0 Å². The molecule has 0 unspecified atom stereocenters. The molecule has 0 aliphatic carbocycles. The van der Waals surface area contributed by atoms with E-state index in [9.17, 15) is 38.4 Å². The number of rotatable bonds is 16. The van der Waals surface area contributed by atoms with Gasteiger partial charge in [0.25, 0.3) is 5.78 Å². The molecule has 0 aliphatic rings. The van der Waals surface area contributed by atoms with Crippen LogP contribution in [0.1, 0.15) is 56.1 Å². The topological polar surface area (TPSA) is 246 Å². The van der Waals surface area contributed by atoms with Crippen LogP contribution in [0.3, 0.4) is 0 Å². The average Bonchev–Trinajstić information content (AvgIpc) is 3.02. The van der Waals surface area contributed by atoms with E-state index in [2.05, 4.69) is 26.6 Å². The molecule has 0 bridgehead atoms. The molecule has 5 amide bonds. The number of ketones is 1. The van der Waals surface area contributed by atoms with Crippen molar-refractivity contribution >= 4 is 47.4 Å². The van der Waals surface area contributed by atoms with Gasteiger partial charge in [0.15, 0.2) is 0 Å². The van der Waals surface area contributed by atoms with E-state index >= 15 is 0 Å². The second-order valence-corrected chi connectivity index (χ2v) is 12.1. The van der Waals surface area contributed by atoms with Crippen LogP contribution >= 0.6 is 0 Å². The van der Waals surface area contributed by atoms with Gasteiger partial charge in [-0.3, -0.25) is 28.8 Å². The summed E-state index contributed by atoms with van der Waals surface area (Å²) >= 11 is 0. The average molecular weight is 684 g/mol. The molecule has 0 aromatic heterocycles. The minimum atomic E-state index is -1.65. The molecule has 0 saturated heterocycles. The lowest BCUT2D eigenvalue weighted by Gasteiger charge is -2.25. The highest BCUT2D eigenvalue weighted by Crippen LogP contribution is 2.10. The summed E-state index contributed by atoms with van der Waals surface area (Å²) in [6, 6.07) is 8.95. The predicted octanol–water partition coefficient (Wildman–Crippen LogP) is 0.327. The van der Waals surface area contributed by atoms with Crippen LogP contribution in [0.5, 0.6) is 0 Å². The number of carboxylic acid groups (broad SMARTS) is 2. The van der Waals surface area contributed by atoms with Crippen LogP contribution < -0.4 is 26.6 Å². The van der Waals surface area contributed by atoms with E-state index in [4.69, 9.17) is 14.9 Å². The van der Waals surface area contributed by atoms with Gasteiger partial charge < -0.3 is 41.5 Å². The number of hydrogen-bond acceptors (Lipinski definition) is 9. The van der Waals surface area contributed by atoms with Crippen LogP contribution in [0.4, 0.5) is 4.79 Å². The summed E-state index contributed by atoms with van der Waals surface area (Å²) in [7, 11) is 0. The molecule has 0 heterocycles. The number of carbonyl (C=O) groups excluding carboxylic acids is 6. The second-order valence-electron chi connectivity index (χ2n) is 12.1. The summed E-state index contributed by atoms with van der Waals surface area (Å²) in [6.07, 6.45) is -1.04. The maximum Gasteiger partial charge on any atom is 0.408 e. The lowest BCUT2D eigenvalue weighted by atomic mass is 10.0. The highest BCUT2D eigenvalue weighted by Gasteiger charge is 2.30. The number of Topliss-reactive ketones (excluding diaryl/α,β-unsaturated/α-hetero) is 1. The highest BCUT2D eigenvalue weighted by atomic mass is 16.6. The van der Waals surface area contributed by atoms with Gasteiger partial charge in [-0.2, -0.15) is 0 Å². The molecule has 16 heteroatoms. The smallest absolute Gasteiger partial charge is 0.408 e. The molecule has 0 spiro atoms. The van der Waals surface area contributed by atoms with Gasteiger partial charge in [0.2, 0.25) is 23.6 Å². The van der Waals surface area contributed by atoms with Gasteiger partial charge in [-0.05, 0) is 45.7 Å². The number of benzene rings is 2. The van der Waals surface area contributed by atoms with Crippen LogP contribution in [0.15, 0.2) is 54.6 Å². The summed E-state index contributed by atoms with van der Waals surface area (Å²) in [6.45, 7) is 6.92. The Morgan fingerprint density at radius 2 is 1.14 bits per heavy atom. The zero-order valence-electron chi connectivity index (χ0n) is 27.7. The summed E-state index contributed by atoms with van der Waals surface area (Å²) in [5.41, 5.74) is 0.123. The molecule has 7 N–H and O–H groups in total. The van der Waals surface area contributed by atoms with Gasteiger partial charge in [-0.1, -0.05) is 54.6 Å². The number of ether oxygens (including phenoxy) is 1. The minimum Gasteiger partial charge on any atom is -0.480 e. The Balaban J connectivity index is 2.24. The molecule has 0 aliphatic heterocycles.